The first-order valence-corrected chi connectivity index (χ1v) is 6.84. The smallest absolute Gasteiger partial charge is 0.294 e. The number of rotatable bonds is 7. The molecular weight excluding hydrogens is 278 g/mol. The molecule has 2 aromatic heterocycles. The molecule has 8 heteroatoms. The zero-order valence-electron chi connectivity index (χ0n) is 12.2. The molecule has 0 bridgehead atoms. The molecule has 0 saturated carbocycles. The van der Waals surface area contributed by atoms with E-state index in [0.717, 1.165) is 24.2 Å². The highest BCUT2D eigenvalue weighted by Gasteiger charge is 2.24. The van der Waals surface area contributed by atoms with Crippen LogP contribution >= 0.6 is 0 Å². The molecule has 0 spiro atoms. The maximum atomic E-state index is 10.4. The first-order chi connectivity index (χ1) is 10.1. The van der Waals surface area contributed by atoms with Crippen molar-refractivity contribution in [3.8, 4) is 11.4 Å². The zero-order valence-corrected chi connectivity index (χ0v) is 12.2. The molecule has 0 atom stereocenters. The lowest BCUT2D eigenvalue weighted by molar-refractivity contribution is -0.763. The monoisotopic (exact) mass is 295 g/mol. The largest absolute Gasteiger partial charge is 0.360 e. The van der Waals surface area contributed by atoms with E-state index in [2.05, 4.69) is 15.2 Å². The van der Waals surface area contributed by atoms with Crippen molar-refractivity contribution >= 4 is 0 Å². The number of aryl methyl sites for hydroxylation is 2. The Balaban J connectivity index is 2.46. The summed E-state index contributed by atoms with van der Waals surface area (Å²) in [6, 6.07) is 0. The van der Waals surface area contributed by atoms with E-state index in [4.69, 9.17) is 9.05 Å². The van der Waals surface area contributed by atoms with Gasteiger partial charge in [0.15, 0.2) is 0 Å². The van der Waals surface area contributed by atoms with E-state index in [0.29, 0.717) is 29.1 Å². The molecule has 0 aromatic carbocycles. The van der Waals surface area contributed by atoms with Gasteiger partial charge in [-0.2, -0.15) is 0 Å². The van der Waals surface area contributed by atoms with Crippen molar-refractivity contribution in [2.75, 3.05) is 0 Å². The molecule has 0 saturated heterocycles. The first-order valence-electron chi connectivity index (χ1n) is 6.84. The van der Waals surface area contributed by atoms with Gasteiger partial charge >= 0.3 is 0 Å². The summed E-state index contributed by atoms with van der Waals surface area (Å²) in [5.74, 6) is 1.34. The summed E-state index contributed by atoms with van der Waals surface area (Å²) < 4.78 is 10.5. The summed E-state index contributed by atoms with van der Waals surface area (Å²) in [7, 11) is 0. The van der Waals surface area contributed by atoms with Crippen LogP contribution in [-0.2, 0) is 30.7 Å². The Labute approximate surface area is 121 Å². The summed E-state index contributed by atoms with van der Waals surface area (Å²) >= 11 is 0. The standard InChI is InChI=1S/C13H17N3O5/c1-4-8-10(5-2)20-14-12(8)13-9(7-19-16(17)18)11(6-3)21-15-13/h4-7H2,1-3H3. The quantitative estimate of drug-likeness (QED) is 0.571. The second-order valence-electron chi connectivity index (χ2n) is 4.42. The van der Waals surface area contributed by atoms with Gasteiger partial charge in [-0.15, -0.1) is 10.1 Å². The highest BCUT2D eigenvalue weighted by atomic mass is 16.9. The molecule has 2 heterocycles. The zero-order chi connectivity index (χ0) is 15.4. The second-order valence-corrected chi connectivity index (χ2v) is 4.42. The van der Waals surface area contributed by atoms with Crippen LogP contribution < -0.4 is 0 Å². The highest BCUT2D eigenvalue weighted by Crippen LogP contribution is 2.30. The van der Waals surface area contributed by atoms with E-state index in [-0.39, 0.29) is 6.61 Å². The molecule has 0 fully saturated rings. The minimum absolute atomic E-state index is 0.216. The van der Waals surface area contributed by atoms with E-state index in [1.807, 2.05) is 20.8 Å². The third-order valence-electron chi connectivity index (χ3n) is 3.27. The minimum atomic E-state index is -0.836. The molecule has 0 amide bonds. The highest BCUT2D eigenvalue weighted by molar-refractivity contribution is 5.63. The summed E-state index contributed by atoms with van der Waals surface area (Å²) in [5.41, 5.74) is 2.50. The van der Waals surface area contributed by atoms with Crippen molar-refractivity contribution in [3.63, 3.8) is 0 Å². The van der Waals surface area contributed by atoms with Gasteiger partial charge in [0.1, 0.15) is 29.5 Å². The topological polar surface area (TPSA) is 104 Å². The molecule has 8 nitrogen and oxygen atoms in total. The van der Waals surface area contributed by atoms with Crippen molar-refractivity contribution in [3.05, 3.63) is 32.8 Å². The van der Waals surface area contributed by atoms with Gasteiger partial charge < -0.3 is 13.9 Å². The van der Waals surface area contributed by atoms with Crippen LogP contribution in [0.3, 0.4) is 0 Å². The third kappa shape index (κ3) is 2.88. The number of aromatic nitrogens is 2. The van der Waals surface area contributed by atoms with Gasteiger partial charge in [-0.05, 0) is 6.42 Å². The van der Waals surface area contributed by atoms with E-state index < -0.39 is 5.09 Å². The maximum absolute atomic E-state index is 10.4. The van der Waals surface area contributed by atoms with Crippen molar-refractivity contribution in [2.45, 2.75) is 46.6 Å². The Bertz CT molecular complexity index is 632. The van der Waals surface area contributed by atoms with Gasteiger partial charge in [-0.3, -0.25) is 0 Å². The maximum Gasteiger partial charge on any atom is 0.294 e. The molecule has 2 rings (SSSR count). The molecule has 0 aliphatic heterocycles. The first kappa shape index (κ1) is 15.0. The predicted molar refractivity (Wildman–Crippen MR) is 71.9 cm³/mol. The van der Waals surface area contributed by atoms with Crippen LogP contribution in [0, 0.1) is 10.1 Å². The Morgan fingerprint density at radius 3 is 2.00 bits per heavy atom. The van der Waals surface area contributed by atoms with E-state index >= 15 is 0 Å². The van der Waals surface area contributed by atoms with Crippen LogP contribution in [0.1, 0.15) is 43.4 Å². The van der Waals surface area contributed by atoms with Crippen molar-refractivity contribution in [1.29, 1.82) is 0 Å². The van der Waals surface area contributed by atoms with Crippen LogP contribution in [0.4, 0.5) is 0 Å². The Hall–Kier alpha value is -2.38. The van der Waals surface area contributed by atoms with E-state index in [1.165, 1.54) is 0 Å². The van der Waals surface area contributed by atoms with Crippen LogP contribution in [0.25, 0.3) is 11.4 Å². The van der Waals surface area contributed by atoms with Crippen LogP contribution in [-0.4, -0.2) is 15.4 Å². The predicted octanol–water partition coefficient (Wildman–Crippen LogP) is 2.73. The van der Waals surface area contributed by atoms with Crippen molar-refractivity contribution in [2.24, 2.45) is 0 Å². The average molecular weight is 295 g/mol. The average Bonchev–Trinajstić information content (AvgIpc) is 3.06. The molecule has 0 unspecified atom stereocenters. The Kier molecular flexibility index (Phi) is 4.56. The van der Waals surface area contributed by atoms with Crippen LogP contribution in [0.15, 0.2) is 9.05 Å². The Morgan fingerprint density at radius 1 is 1.00 bits per heavy atom. The van der Waals surface area contributed by atoms with E-state index in [1.54, 1.807) is 0 Å². The Morgan fingerprint density at radius 2 is 1.52 bits per heavy atom. The van der Waals surface area contributed by atoms with Gasteiger partial charge in [0.05, 0.1) is 5.56 Å². The molecule has 2 aromatic rings. The summed E-state index contributed by atoms with van der Waals surface area (Å²) in [4.78, 5) is 14.9. The number of hydrogen-bond acceptors (Lipinski definition) is 7. The molecule has 0 radical (unpaired) electrons. The number of hydrogen-bond donors (Lipinski definition) is 0. The lowest BCUT2D eigenvalue weighted by Crippen LogP contribution is -2.03. The van der Waals surface area contributed by atoms with Gasteiger partial charge in [-0.25, -0.2) is 0 Å². The summed E-state index contributed by atoms with van der Waals surface area (Å²) in [6.45, 7) is 5.62. The van der Waals surface area contributed by atoms with Crippen LogP contribution in [0.2, 0.25) is 0 Å². The van der Waals surface area contributed by atoms with Crippen molar-refractivity contribution < 1.29 is 19.0 Å². The minimum Gasteiger partial charge on any atom is -0.360 e. The fraction of sp³-hybridized carbons (Fsp3) is 0.538. The van der Waals surface area contributed by atoms with Gasteiger partial charge in [0.2, 0.25) is 0 Å². The molecular formula is C13H17N3O5. The SMILES string of the molecule is CCc1onc(-c2noc(CC)c2CO[N+](=O)[O-])c1CC. The number of nitrogens with zero attached hydrogens (tertiary/aromatic N) is 3. The summed E-state index contributed by atoms with van der Waals surface area (Å²) in [6.07, 6.45) is 2.00. The normalized spacial score (nSPS) is 10.8. The van der Waals surface area contributed by atoms with Gasteiger partial charge in [0, 0.05) is 18.4 Å². The fourth-order valence-electron chi connectivity index (χ4n) is 2.24. The molecule has 0 aliphatic carbocycles. The van der Waals surface area contributed by atoms with Gasteiger partial charge in [0.25, 0.3) is 5.09 Å². The van der Waals surface area contributed by atoms with Gasteiger partial charge in [-0.1, -0.05) is 31.1 Å². The third-order valence-corrected chi connectivity index (χ3v) is 3.27. The fourth-order valence-corrected chi connectivity index (χ4v) is 2.24. The lowest BCUT2D eigenvalue weighted by Gasteiger charge is -2.01. The van der Waals surface area contributed by atoms with Crippen LogP contribution in [0.5, 0.6) is 0 Å². The van der Waals surface area contributed by atoms with E-state index in [9.17, 15) is 10.1 Å². The molecule has 0 aliphatic rings. The van der Waals surface area contributed by atoms with Crippen molar-refractivity contribution in [1.82, 2.24) is 10.3 Å². The second kappa shape index (κ2) is 6.38. The molecule has 21 heavy (non-hydrogen) atoms. The summed E-state index contributed by atoms with van der Waals surface area (Å²) in [5, 5.41) is 17.6. The molecule has 0 N–H and O–H groups in total. The molecule has 114 valence electrons. The lowest BCUT2D eigenvalue weighted by atomic mass is 10.0.